The third-order valence-corrected chi connectivity index (χ3v) is 4.25. The molecule has 0 N–H and O–H groups in total. The molecule has 0 aliphatic heterocycles. The Balaban J connectivity index is 2.02. The molecule has 0 unspecified atom stereocenters. The van der Waals surface area contributed by atoms with Crippen molar-refractivity contribution in [1.82, 2.24) is 4.98 Å². The van der Waals surface area contributed by atoms with Crippen molar-refractivity contribution in [3.8, 4) is 5.75 Å². The van der Waals surface area contributed by atoms with Crippen LogP contribution in [0.25, 0.3) is 0 Å². The van der Waals surface area contributed by atoms with E-state index in [1.807, 2.05) is 0 Å². The maximum Gasteiger partial charge on any atom is 0.350 e. The number of nitrogens with zero attached hydrogens (tertiary/aromatic N) is 1. The topological polar surface area (TPSA) is 65.5 Å². The Morgan fingerprint density at radius 3 is 2.59 bits per heavy atom. The van der Waals surface area contributed by atoms with Gasteiger partial charge in [0.25, 0.3) is 0 Å². The fourth-order valence-corrected chi connectivity index (χ4v) is 2.91. The van der Waals surface area contributed by atoms with Crippen molar-refractivity contribution in [3.63, 3.8) is 0 Å². The summed E-state index contributed by atoms with van der Waals surface area (Å²) in [7, 11) is 1.49. The number of hydrogen-bond acceptors (Lipinski definition) is 6. The quantitative estimate of drug-likeness (QED) is 0.616. The smallest absolute Gasteiger partial charge is 0.350 e. The Hall–Kier alpha value is -1.92. The van der Waals surface area contributed by atoms with E-state index in [9.17, 15) is 9.59 Å². The lowest BCUT2D eigenvalue weighted by Gasteiger charge is -2.06. The number of carbonyl (C=O) groups excluding carboxylic acids is 2. The van der Waals surface area contributed by atoms with Crippen LogP contribution >= 0.6 is 22.9 Å². The normalized spacial score (nSPS) is 10.4. The average molecular weight is 340 g/mol. The summed E-state index contributed by atoms with van der Waals surface area (Å²) in [6, 6.07) is 4.65. The van der Waals surface area contributed by atoms with Crippen LogP contribution in [0, 0.1) is 13.8 Å². The van der Waals surface area contributed by atoms with E-state index in [0.717, 1.165) is 5.01 Å². The Kier molecular flexibility index (Phi) is 5.15. The first-order valence-electron chi connectivity index (χ1n) is 6.40. The third kappa shape index (κ3) is 3.64. The molecule has 0 fully saturated rings. The van der Waals surface area contributed by atoms with Gasteiger partial charge in [0.2, 0.25) is 0 Å². The van der Waals surface area contributed by atoms with Crippen molar-refractivity contribution in [2.24, 2.45) is 0 Å². The van der Waals surface area contributed by atoms with E-state index in [1.165, 1.54) is 24.5 Å². The Bertz CT molecular complexity index is 726. The lowest BCUT2D eigenvalue weighted by atomic mass is 10.1. The van der Waals surface area contributed by atoms with Crippen LogP contribution in [0.2, 0.25) is 5.02 Å². The maximum atomic E-state index is 12.0. The molecule has 0 saturated carbocycles. The van der Waals surface area contributed by atoms with Gasteiger partial charge in [0.15, 0.2) is 12.4 Å². The van der Waals surface area contributed by atoms with Crippen LogP contribution in [0.3, 0.4) is 0 Å². The zero-order valence-electron chi connectivity index (χ0n) is 12.3. The third-order valence-electron chi connectivity index (χ3n) is 2.90. The van der Waals surface area contributed by atoms with Gasteiger partial charge in [-0.05, 0) is 32.0 Å². The molecule has 0 amide bonds. The minimum absolute atomic E-state index is 0.327. The van der Waals surface area contributed by atoms with Crippen LogP contribution in [-0.4, -0.2) is 30.5 Å². The van der Waals surface area contributed by atoms with Crippen molar-refractivity contribution >= 4 is 34.7 Å². The van der Waals surface area contributed by atoms with Gasteiger partial charge in [-0.25, -0.2) is 9.78 Å². The molecule has 0 atom stereocenters. The number of hydrogen-bond donors (Lipinski definition) is 0. The molecule has 22 heavy (non-hydrogen) atoms. The number of benzene rings is 1. The Labute approximate surface area is 136 Å². The van der Waals surface area contributed by atoms with Crippen LogP contribution in [0.15, 0.2) is 18.2 Å². The van der Waals surface area contributed by atoms with Gasteiger partial charge in [0, 0.05) is 5.56 Å². The number of halogens is 1. The molecule has 1 aromatic carbocycles. The van der Waals surface area contributed by atoms with E-state index in [0.29, 0.717) is 26.9 Å². The van der Waals surface area contributed by atoms with E-state index in [4.69, 9.17) is 21.1 Å². The maximum absolute atomic E-state index is 12.0. The first-order valence-corrected chi connectivity index (χ1v) is 7.59. The molecule has 7 heteroatoms. The van der Waals surface area contributed by atoms with E-state index in [-0.39, 0.29) is 12.4 Å². The zero-order valence-corrected chi connectivity index (χ0v) is 13.9. The molecule has 2 aromatic rings. The van der Waals surface area contributed by atoms with Gasteiger partial charge >= 0.3 is 5.97 Å². The molecule has 5 nitrogen and oxygen atoms in total. The summed E-state index contributed by atoms with van der Waals surface area (Å²) in [4.78, 5) is 28.5. The molecular weight excluding hydrogens is 326 g/mol. The highest BCUT2D eigenvalue weighted by Gasteiger charge is 2.17. The summed E-state index contributed by atoms with van der Waals surface area (Å²) in [6.07, 6.45) is 0. The minimum atomic E-state index is -0.545. The summed E-state index contributed by atoms with van der Waals surface area (Å²) in [5.74, 6) is -0.404. The van der Waals surface area contributed by atoms with Gasteiger partial charge in [-0.15, -0.1) is 11.3 Å². The van der Waals surface area contributed by atoms with E-state index >= 15 is 0 Å². The molecule has 0 aliphatic carbocycles. The number of ketones is 1. The van der Waals surface area contributed by atoms with Crippen LogP contribution in [0.4, 0.5) is 0 Å². The lowest BCUT2D eigenvalue weighted by Crippen LogP contribution is -2.14. The molecule has 0 aliphatic rings. The summed E-state index contributed by atoms with van der Waals surface area (Å²) in [6.45, 7) is 3.18. The van der Waals surface area contributed by atoms with E-state index < -0.39 is 5.97 Å². The largest absolute Gasteiger partial charge is 0.495 e. The second-order valence-corrected chi connectivity index (χ2v) is 6.11. The summed E-state index contributed by atoms with van der Waals surface area (Å²) in [5, 5.41) is 1.10. The minimum Gasteiger partial charge on any atom is -0.495 e. The van der Waals surface area contributed by atoms with Gasteiger partial charge < -0.3 is 9.47 Å². The highest BCUT2D eigenvalue weighted by molar-refractivity contribution is 7.13. The summed E-state index contributed by atoms with van der Waals surface area (Å²) in [5.41, 5.74) is 0.961. The highest BCUT2D eigenvalue weighted by atomic mass is 35.5. The fourth-order valence-electron chi connectivity index (χ4n) is 1.84. The van der Waals surface area contributed by atoms with Crippen molar-refractivity contribution in [1.29, 1.82) is 0 Å². The van der Waals surface area contributed by atoms with Gasteiger partial charge in [0.05, 0.1) is 22.8 Å². The monoisotopic (exact) mass is 339 g/mol. The second-order valence-electron chi connectivity index (χ2n) is 4.50. The van der Waals surface area contributed by atoms with Gasteiger partial charge in [-0.1, -0.05) is 11.6 Å². The van der Waals surface area contributed by atoms with Crippen LogP contribution < -0.4 is 4.74 Å². The number of thiazole rings is 1. The zero-order chi connectivity index (χ0) is 16.3. The summed E-state index contributed by atoms with van der Waals surface area (Å²) < 4.78 is 10.1. The standard InChI is InChI=1S/C15H14ClNO4S/c1-8-14(22-9(2)17-8)15(19)21-7-12(18)10-4-5-13(20-3)11(16)6-10/h4-6H,7H2,1-3H3. The summed E-state index contributed by atoms with van der Waals surface area (Å²) >= 11 is 7.21. The van der Waals surface area contributed by atoms with Crippen molar-refractivity contribution in [2.45, 2.75) is 13.8 Å². The van der Waals surface area contributed by atoms with E-state index in [2.05, 4.69) is 4.98 Å². The van der Waals surface area contributed by atoms with E-state index in [1.54, 1.807) is 26.0 Å². The fraction of sp³-hybridized carbons (Fsp3) is 0.267. The molecule has 0 spiro atoms. The number of rotatable bonds is 5. The second kappa shape index (κ2) is 6.89. The van der Waals surface area contributed by atoms with Crippen molar-refractivity contribution < 1.29 is 19.1 Å². The molecule has 1 aromatic heterocycles. The molecule has 0 radical (unpaired) electrons. The molecular formula is C15H14ClNO4S. The molecule has 1 heterocycles. The van der Waals surface area contributed by atoms with Crippen LogP contribution in [0.5, 0.6) is 5.75 Å². The number of carbonyl (C=O) groups is 2. The SMILES string of the molecule is COc1ccc(C(=O)COC(=O)c2sc(C)nc2C)cc1Cl. The Morgan fingerprint density at radius 1 is 1.32 bits per heavy atom. The predicted octanol–water partition coefficient (Wildman–Crippen LogP) is 3.46. The number of Topliss-reactive ketones (excluding diaryl/α,β-unsaturated/α-hetero) is 1. The number of ether oxygens (including phenoxy) is 2. The number of aryl methyl sites for hydroxylation is 2. The number of esters is 1. The first-order chi connectivity index (χ1) is 10.4. The first kappa shape index (κ1) is 16.5. The van der Waals surface area contributed by atoms with Crippen molar-refractivity contribution in [3.05, 3.63) is 44.4 Å². The predicted molar refractivity (Wildman–Crippen MR) is 84.2 cm³/mol. The Morgan fingerprint density at radius 2 is 2.05 bits per heavy atom. The van der Waals surface area contributed by atoms with Gasteiger partial charge in [-0.3, -0.25) is 4.79 Å². The number of methoxy groups -OCH3 is 1. The van der Waals surface area contributed by atoms with Gasteiger partial charge in [0.1, 0.15) is 10.6 Å². The number of aromatic nitrogens is 1. The molecule has 0 saturated heterocycles. The molecule has 0 bridgehead atoms. The molecule has 2 rings (SSSR count). The average Bonchev–Trinajstić information content (AvgIpc) is 2.83. The highest BCUT2D eigenvalue weighted by Crippen LogP contribution is 2.25. The molecule has 116 valence electrons. The van der Waals surface area contributed by atoms with Gasteiger partial charge in [-0.2, -0.15) is 0 Å². The lowest BCUT2D eigenvalue weighted by molar-refractivity contribution is 0.0478. The van der Waals surface area contributed by atoms with Crippen LogP contribution in [0.1, 0.15) is 30.7 Å². The van der Waals surface area contributed by atoms with Crippen LogP contribution in [-0.2, 0) is 4.74 Å². The van der Waals surface area contributed by atoms with Crippen molar-refractivity contribution in [2.75, 3.05) is 13.7 Å².